The van der Waals surface area contributed by atoms with E-state index >= 15 is 0 Å². The van der Waals surface area contributed by atoms with Gasteiger partial charge in [0, 0.05) is 32.7 Å². The van der Waals surface area contributed by atoms with Gasteiger partial charge in [-0.05, 0) is 51.7 Å². The molecule has 0 bridgehead atoms. The fourth-order valence-corrected chi connectivity index (χ4v) is 5.52. The van der Waals surface area contributed by atoms with E-state index in [1.807, 2.05) is 20.8 Å². The van der Waals surface area contributed by atoms with E-state index < -0.39 is 29.5 Å². The molecule has 2 aliphatic heterocycles. The number of rotatable bonds is 7. The smallest absolute Gasteiger partial charge is 0.410 e. The quantitative estimate of drug-likeness (QED) is 0.488. The van der Waals surface area contributed by atoms with Crippen molar-refractivity contribution in [1.29, 1.82) is 0 Å². The van der Waals surface area contributed by atoms with E-state index in [4.69, 9.17) is 9.47 Å². The molecule has 12 heteroatoms. The molecule has 2 aromatic rings. The van der Waals surface area contributed by atoms with Gasteiger partial charge in [0.2, 0.25) is 5.91 Å². The van der Waals surface area contributed by atoms with Crippen LogP contribution < -0.4 is 0 Å². The number of para-hydroxylation sites is 1. The van der Waals surface area contributed by atoms with Gasteiger partial charge in [-0.3, -0.25) is 9.59 Å². The van der Waals surface area contributed by atoms with Gasteiger partial charge in [-0.15, -0.1) is 5.10 Å². The van der Waals surface area contributed by atoms with Crippen LogP contribution in [0.3, 0.4) is 0 Å². The Hall–Kier alpha value is -3.54. The van der Waals surface area contributed by atoms with E-state index in [0.717, 1.165) is 0 Å². The molecule has 3 heterocycles. The van der Waals surface area contributed by atoms with E-state index in [-0.39, 0.29) is 42.2 Å². The molecule has 2 saturated heterocycles. The summed E-state index contributed by atoms with van der Waals surface area (Å²) < 4.78 is 27.1. The predicted octanol–water partition coefficient (Wildman–Crippen LogP) is 3.55. The Labute approximate surface area is 246 Å². The van der Waals surface area contributed by atoms with Gasteiger partial charge in [-0.1, -0.05) is 38.1 Å². The van der Waals surface area contributed by atoms with Gasteiger partial charge in [0.05, 0.1) is 30.9 Å². The summed E-state index contributed by atoms with van der Waals surface area (Å²) in [6, 6.07) is 5.74. The van der Waals surface area contributed by atoms with E-state index in [1.165, 1.54) is 10.7 Å². The molecular formula is C30H43FN6O5. The van der Waals surface area contributed by atoms with E-state index in [1.54, 1.807) is 53.7 Å². The molecule has 1 aromatic heterocycles. The maximum absolute atomic E-state index is 14.7. The second-order valence-electron chi connectivity index (χ2n) is 12.4. The molecule has 0 aliphatic carbocycles. The van der Waals surface area contributed by atoms with Gasteiger partial charge < -0.3 is 24.2 Å². The second-order valence-corrected chi connectivity index (χ2v) is 12.4. The summed E-state index contributed by atoms with van der Waals surface area (Å²) in [4.78, 5) is 46.2. The zero-order chi connectivity index (χ0) is 30.6. The zero-order valence-electron chi connectivity index (χ0n) is 25.5. The molecule has 0 saturated carbocycles. The monoisotopic (exact) mass is 586 g/mol. The number of morpholine rings is 1. The van der Waals surface area contributed by atoms with Crippen molar-refractivity contribution in [3.8, 4) is 5.69 Å². The number of benzene rings is 1. The minimum absolute atomic E-state index is 0.0618. The minimum atomic E-state index is -0.720. The van der Waals surface area contributed by atoms with Crippen LogP contribution >= 0.6 is 0 Å². The molecule has 3 amide bonds. The molecule has 0 spiro atoms. The van der Waals surface area contributed by atoms with Crippen molar-refractivity contribution in [2.24, 2.45) is 11.8 Å². The largest absolute Gasteiger partial charge is 0.444 e. The number of likely N-dealkylation sites (tertiary alicyclic amines) is 1. The molecule has 11 nitrogen and oxygen atoms in total. The summed E-state index contributed by atoms with van der Waals surface area (Å²) in [6.45, 7) is 13.9. The summed E-state index contributed by atoms with van der Waals surface area (Å²) in [5.41, 5.74) is 0.107. The number of amides is 3. The number of carbonyl (C=O) groups is 3. The first-order valence-electron chi connectivity index (χ1n) is 14.7. The highest BCUT2D eigenvalue weighted by Crippen LogP contribution is 2.28. The number of halogens is 1. The Balaban J connectivity index is 1.68. The third kappa shape index (κ3) is 7.26. The average molecular weight is 587 g/mol. The minimum Gasteiger partial charge on any atom is -0.444 e. The van der Waals surface area contributed by atoms with Crippen molar-refractivity contribution < 1.29 is 28.2 Å². The van der Waals surface area contributed by atoms with Crippen LogP contribution in [0.15, 0.2) is 24.3 Å². The number of hydrogen-bond acceptors (Lipinski definition) is 7. The third-order valence-corrected chi connectivity index (χ3v) is 7.40. The van der Waals surface area contributed by atoms with Crippen LogP contribution in [0.1, 0.15) is 64.1 Å². The lowest BCUT2D eigenvalue weighted by atomic mass is 9.91. The summed E-state index contributed by atoms with van der Waals surface area (Å²) in [7, 11) is 0. The topological polar surface area (TPSA) is 110 Å². The van der Waals surface area contributed by atoms with Crippen LogP contribution in [0.5, 0.6) is 0 Å². The maximum Gasteiger partial charge on any atom is 0.410 e. The van der Waals surface area contributed by atoms with Crippen molar-refractivity contribution in [2.45, 2.75) is 66.0 Å². The zero-order valence-corrected chi connectivity index (χ0v) is 25.5. The van der Waals surface area contributed by atoms with Gasteiger partial charge in [-0.25, -0.2) is 13.9 Å². The Kier molecular flexibility index (Phi) is 9.85. The highest BCUT2D eigenvalue weighted by molar-refractivity contribution is 5.94. The molecule has 1 aromatic carbocycles. The molecule has 0 N–H and O–H groups in total. The summed E-state index contributed by atoms with van der Waals surface area (Å²) in [6.07, 6.45) is 0.255. The number of hydrogen-bond donors (Lipinski definition) is 0. The van der Waals surface area contributed by atoms with Gasteiger partial charge in [0.15, 0.2) is 5.69 Å². The lowest BCUT2D eigenvalue weighted by molar-refractivity contribution is -0.142. The van der Waals surface area contributed by atoms with E-state index in [0.29, 0.717) is 51.4 Å². The van der Waals surface area contributed by atoms with Crippen molar-refractivity contribution in [3.63, 3.8) is 0 Å². The molecule has 230 valence electrons. The molecule has 4 rings (SSSR count). The fraction of sp³-hybridized carbons (Fsp3) is 0.633. The standard InChI is InChI=1S/C30H43FN6O5/c1-7-24-26(32-33-37(24)25-11-9-8-10-23(25)31)28(39)36(17-20(2)3)22-16-21(27(38)34-12-14-41-15-13-34)18-35(19-22)29(40)42-30(4,5)6/h8-11,20-22H,7,12-19H2,1-6H3/t21-,22+/m1/s1. The average Bonchev–Trinajstić information content (AvgIpc) is 3.38. The lowest BCUT2D eigenvalue weighted by Crippen LogP contribution is -2.58. The Morgan fingerprint density at radius 2 is 1.81 bits per heavy atom. The molecule has 42 heavy (non-hydrogen) atoms. The SMILES string of the molecule is CCc1c(C(=O)N(CC(C)C)[C@H]2C[C@@H](C(=O)N3CCOCC3)CN(C(=O)OC(C)(C)C)C2)nnn1-c1ccccc1F. The van der Waals surface area contributed by atoms with E-state index in [9.17, 15) is 18.8 Å². The Morgan fingerprint density at radius 1 is 1.12 bits per heavy atom. The number of nitrogens with zero attached hydrogens (tertiary/aromatic N) is 6. The second kappa shape index (κ2) is 13.2. The number of aromatic nitrogens is 3. The van der Waals surface area contributed by atoms with E-state index in [2.05, 4.69) is 10.3 Å². The van der Waals surface area contributed by atoms with Crippen molar-refractivity contribution in [1.82, 2.24) is 29.7 Å². The van der Waals surface area contributed by atoms with Gasteiger partial charge in [0.25, 0.3) is 5.91 Å². The maximum atomic E-state index is 14.7. The number of ether oxygens (including phenoxy) is 2. The third-order valence-electron chi connectivity index (χ3n) is 7.40. The van der Waals surface area contributed by atoms with Crippen LogP contribution in [0.4, 0.5) is 9.18 Å². The van der Waals surface area contributed by atoms with Crippen molar-refractivity contribution in [2.75, 3.05) is 45.9 Å². The lowest BCUT2D eigenvalue weighted by Gasteiger charge is -2.44. The van der Waals surface area contributed by atoms with Crippen molar-refractivity contribution >= 4 is 17.9 Å². The molecule has 0 unspecified atom stereocenters. The van der Waals surface area contributed by atoms with Crippen LogP contribution in [0.2, 0.25) is 0 Å². The van der Waals surface area contributed by atoms with Gasteiger partial charge in [-0.2, -0.15) is 0 Å². The van der Waals surface area contributed by atoms with Gasteiger partial charge in [0.1, 0.15) is 17.1 Å². The summed E-state index contributed by atoms with van der Waals surface area (Å²) >= 11 is 0. The van der Waals surface area contributed by atoms with Gasteiger partial charge >= 0.3 is 6.09 Å². The molecule has 2 atom stereocenters. The first-order chi connectivity index (χ1) is 19.9. The predicted molar refractivity (Wildman–Crippen MR) is 154 cm³/mol. The summed E-state index contributed by atoms with van der Waals surface area (Å²) in [5, 5.41) is 8.37. The van der Waals surface area contributed by atoms with Crippen LogP contribution in [-0.2, 0) is 20.7 Å². The van der Waals surface area contributed by atoms with Crippen LogP contribution in [0.25, 0.3) is 5.69 Å². The van der Waals surface area contributed by atoms with Crippen LogP contribution in [-0.4, -0.2) is 105 Å². The van der Waals surface area contributed by atoms with Crippen LogP contribution in [0, 0.1) is 17.7 Å². The fourth-order valence-electron chi connectivity index (χ4n) is 5.52. The normalized spacial score (nSPS) is 19.6. The molecule has 2 fully saturated rings. The first-order valence-corrected chi connectivity index (χ1v) is 14.7. The number of carbonyl (C=O) groups excluding carboxylic acids is 3. The molecular weight excluding hydrogens is 543 g/mol. The number of piperidine rings is 1. The summed E-state index contributed by atoms with van der Waals surface area (Å²) in [5.74, 6) is -1.33. The first kappa shape index (κ1) is 31.4. The molecule has 2 aliphatic rings. The van der Waals surface area contributed by atoms with Crippen molar-refractivity contribution in [3.05, 3.63) is 41.5 Å². The highest BCUT2D eigenvalue weighted by Gasteiger charge is 2.42. The highest BCUT2D eigenvalue weighted by atomic mass is 19.1. The Bertz CT molecular complexity index is 1270. The Morgan fingerprint density at radius 3 is 2.43 bits per heavy atom. The molecule has 0 radical (unpaired) electrons.